The van der Waals surface area contributed by atoms with E-state index in [-0.39, 0.29) is 6.61 Å². The fourth-order valence-corrected chi connectivity index (χ4v) is 2.68. The van der Waals surface area contributed by atoms with Crippen LogP contribution in [0.4, 0.5) is 4.79 Å². The Morgan fingerprint density at radius 3 is 2.28 bits per heavy atom. The van der Waals surface area contributed by atoms with Crippen LogP contribution in [0.1, 0.15) is 36.7 Å². The lowest BCUT2D eigenvalue weighted by atomic mass is 10.0. The summed E-state index contributed by atoms with van der Waals surface area (Å²) in [6, 6.07) is 14.9. The van der Waals surface area contributed by atoms with E-state index in [4.69, 9.17) is 21.1 Å². The number of aliphatic hydroxyl groups excluding tert-OH is 1. The minimum atomic E-state index is -1.13. The molecule has 2 atom stereocenters. The van der Waals surface area contributed by atoms with Crippen molar-refractivity contribution in [2.45, 2.75) is 44.9 Å². The van der Waals surface area contributed by atoms with E-state index in [9.17, 15) is 14.7 Å². The molecule has 0 aromatic heterocycles. The molecule has 2 rings (SSSR count). The van der Waals surface area contributed by atoms with Crippen molar-refractivity contribution >= 4 is 23.7 Å². The first-order chi connectivity index (χ1) is 13.6. The monoisotopic (exact) mass is 419 g/mol. The van der Waals surface area contributed by atoms with Gasteiger partial charge < -0.3 is 19.9 Å². The maximum Gasteiger partial charge on any atom is 0.407 e. The lowest BCUT2D eigenvalue weighted by molar-refractivity contribution is 0.0107. The number of esters is 1. The highest BCUT2D eigenvalue weighted by atomic mass is 35.5. The van der Waals surface area contributed by atoms with Gasteiger partial charge in [-0.1, -0.05) is 41.9 Å². The third kappa shape index (κ3) is 8.13. The van der Waals surface area contributed by atoms with Crippen molar-refractivity contribution in [2.24, 2.45) is 0 Å². The van der Waals surface area contributed by atoms with E-state index in [1.165, 1.54) is 12.1 Å². The Morgan fingerprint density at radius 2 is 1.69 bits per heavy atom. The number of rotatable bonds is 7. The van der Waals surface area contributed by atoms with Crippen LogP contribution in [0.15, 0.2) is 54.6 Å². The lowest BCUT2D eigenvalue weighted by Gasteiger charge is -2.26. The van der Waals surface area contributed by atoms with Crippen molar-refractivity contribution in [2.75, 3.05) is 6.61 Å². The highest BCUT2D eigenvalue weighted by Gasteiger charge is 2.26. The predicted octanol–water partition coefficient (Wildman–Crippen LogP) is 3.99. The highest BCUT2D eigenvalue weighted by Crippen LogP contribution is 2.13. The number of hydrogen-bond acceptors (Lipinski definition) is 5. The first-order valence-electron chi connectivity index (χ1n) is 9.28. The van der Waals surface area contributed by atoms with Gasteiger partial charge in [0.2, 0.25) is 0 Å². The van der Waals surface area contributed by atoms with Crippen molar-refractivity contribution in [3.8, 4) is 0 Å². The van der Waals surface area contributed by atoms with Gasteiger partial charge in [-0.25, -0.2) is 9.59 Å². The number of ether oxygens (including phenoxy) is 2. The number of alkyl carbamates (subject to hydrolysis) is 1. The zero-order valence-electron chi connectivity index (χ0n) is 16.7. The summed E-state index contributed by atoms with van der Waals surface area (Å²) < 4.78 is 10.5. The normalized spacial score (nSPS) is 13.3. The quantitative estimate of drug-likeness (QED) is 0.663. The van der Waals surface area contributed by atoms with E-state index < -0.39 is 29.8 Å². The van der Waals surface area contributed by atoms with Crippen LogP contribution in [-0.4, -0.2) is 41.5 Å². The maximum absolute atomic E-state index is 12.2. The third-order valence-corrected chi connectivity index (χ3v) is 4.18. The van der Waals surface area contributed by atoms with E-state index in [0.29, 0.717) is 17.0 Å². The molecule has 0 saturated carbocycles. The summed E-state index contributed by atoms with van der Waals surface area (Å²) >= 11 is 5.81. The standard InChI is InChI=1S/C22H26ClNO5/c1-22(2,3)29-21(27)24-18(13-15-7-5-4-6-8-15)19(25)14-28-20(26)16-9-11-17(23)12-10-16/h4-12,18-19,25H,13-14H2,1-3H3,(H,24,27). The van der Waals surface area contributed by atoms with Gasteiger partial charge in [0, 0.05) is 5.02 Å². The third-order valence-electron chi connectivity index (χ3n) is 3.93. The smallest absolute Gasteiger partial charge is 0.407 e. The molecule has 6 nitrogen and oxygen atoms in total. The van der Waals surface area contributed by atoms with Crippen LogP contribution >= 0.6 is 11.6 Å². The average molecular weight is 420 g/mol. The van der Waals surface area contributed by atoms with Gasteiger partial charge in [-0.05, 0) is 57.0 Å². The molecule has 0 aliphatic heterocycles. The van der Waals surface area contributed by atoms with Gasteiger partial charge in [-0.2, -0.15) is 0 Å². The summed E-state index contributed by atoms with van der Waals surface area (Å²) in [5.41, 5.74) is 0.561. The van der Waals surface area contributed by atoms with Crippen molar-refractivity contribution < 1.29 is 24.2 Å². The molecule has 0 aliphatic carbocycles. The Hall–Kier alpha value is -2.57. The number of nitrogens with one attached hydrogen (secondary N) is 1. The molecule has 0 fully saturated rings. The van der Waals surface area contributed by atoms with Gasteiger partial charge in [0.25, 0.3) is 0 Å². The molecule has 0 heterocycles. The average Bonchev–Trinajstić information content (AvgIpc) is 2.65. The minimum Gasteiger partial charge on any atom is -0.459 e. The number of halogens is 1. The molecule has 0 radical (unpaired) electrons. The van der Waals surface area contributed by atoms with Crippen molar-refractivity contribution in [3.05, 3.63) is 70.7 Å². The van der Waals surface area contributed by atoms with Crippen LogP contribution in [0, 0.1) is 0 Å². The van der Waals surface area contributed by atoms with Crippen molar-refractivity contribution in [1.29, 1.82) is 0 Å². The van der Waals surface area contributed by atoms with Crippen molar-refractivity contribution in [3.63, 3.8) is 0 Å². The van der Waals surface area contributed by atoms with E-state index in [1.54, 1.807) is 32.9 Å². The molecule has 2 unspecified atom stereocenters. The molecule has 2 aromatic carbocycles. The number of benzene rings is 2. The van der Waals surface area contributed by atoms with Crippen LogP contribution in [-0.2, 0) is 15.9 Å². The van der Waals surface area contributed by atoms with Crippen LogP contribution < -0.4 is 5.32 Å². The summed E-state index contributed by atoms with van der Waals surface area (Å²) in [5.74, 6) is -0.587. The zero-order valence-corrected chi connectivity index (χ0v) is 17.5. The molecule has 0 saturated heterocycles. The van der Waals surface area contributed by atoms with Crippen LogP contribution in [0.5, 0.6) is 0 Å². The van der Waals surface area contributed by atoms with E-state index >= 15 is 0 Å². The molecule has 29 heavy (non-hydrogen) atoms. The van der Waals surface area contributed by atoms with Crippen LogP contribution in [0.25, 0.3) is 0 Å². The number of carbonyl (C=O) groups is 2. The topological polar surface area (TPSA) is 84.9 Å². The number of amides is 1. The first-order valence-corrected chi connectivity index (χ1v) is 9.66. The Balaban J connectivity index is 2.02. The summed E-state index contributed by atoms with van der Waals surface area (Å²) in [6.07, 6.45) is -1.43. The number of aliphatic hydroxyl groups is 1. The second kappa shape index (κ2) is 10.3. The Morgan fingerprint density at radius 1 is 1.07 bits per heavy atom. The van der Waals surface area contributed by atoms with Crippen LogP contribution in [0.3, 0.4) is 0 Å². The molecule has 2 aromatic rings. The largest absolute Gasteiger partial charge is 0.459 e. The Kier molecular flexibility index (Phi) is 8.05. The Bertz CT molecular complexity index is 802. The van der Waals surface area contributed by atoms with Gasteiger partial charge in [0.05, 0.1) is 11.6 Å². The minimum absolute atomic E-state index is 0.283. The molecule has 0 aliphatic rings. The van der Waals surface area contributed by atoms with Gasteiger partial charge in [0.1, 0.15) is 18.3 Å². The number of carbonyl (C=O) groups excluding carboxylic acids is 2. The highest BCUT2D eigenvalue weighted by molar-refractivity contribution is 6.30. The molecule has 0 spiro atoms. The second-order valence-electron chi connectivity index (χ2n) is 7.62. The van der Waals surface area contributed by atoms with Gasteiger partial charge in [0.15, 0.2) is 0 Å². The van der Waals surface area contributed by atoms with Crippen LogP contribution in [0.2, 0.25) is 5.02 Å². The summed E-state index contributed by atoms with van der Waals surface area (Å²) in [7, 11) is 0. The first kappa shape index (κ1) is 22.7. The van der Waals surface area contributed by atoms with Gasteiger partial charge in [-0.15, -0.1) is 0 Å². The van der Waals surface area contributed by atoms with E-state index in [2.05, 4.69) is 5.32 Å². The summed E-state index contributed by atoms with van der Waals surface area (Å²) in [4.78, 5) is 24.4. The van der Waals surface area contributed by atoms with Gasteiger partial charge in [-0.3, -0.25) is 0 Å². The number of hydrogen-bond donors (Lipinski definition) is 2. The Labute approximate surface area is 175 Å². The molecule has 2 N–H and O–H groups in total. The lowest BCUT2D eigenvalue weighted by Crippen LogP contribution is -2.48. The van der Waals surface area contributed by atoms with Crippen molar-refractivity contribution in [1.82, 2.24) is 5.32 Å². The maximum atomic E-state index is 12.2. The SMILES string of the molecule is CC(C)(C)OC(=O)NC(Cc1ccccc1)C(O)COC(=O)c1ccc(Cl)cc1. The second-order valence-corrected chi connectivity index (χ2v) is 8.05. The van der Waals surface area contributed by atoms with Gasteiger partial charge >= 0.3 is 12.1 Å². The van der Waals surface area contributed by atoms with E-state index in [1.807, 2.05) is 30.3 Å². The predicted molar refractivity (Wildman–Crippen MR) is 111 cm³/mol. The fourth-order valence-electron chi connectivity index (χ4n) is 2.56. The summed E-state index contributed by atoms with van der Waals surface area (Å²) in [5, 5.41) is 13.8. The molecular formula is C22H26ClNO5. The summed E-state index contributed by atoms with van der Waals surface area (Å²) in [6.45, 7) is 4.98. The molecule has 0 bridgehead atoms. The molecular weight excluding hydrogens is 394 g/mol. The molecule has 7 heteroatoms. The zero-order chi connectivity index (χ0) is 21.4. The molecule has 1 amide bonds. The fraction of sp³-hybridized carbons (Fsp3) is 0.364. The van der Waals surface area contributed by atoms with E-state index in [0.717, 1.165) is 5.56 Å². The molecule has 156 valence electrons.